The molecule has 3 aromatic carbocycles. The Morgan fingerprint density at radius 3 is 2.58 bits per heavy atom. The Kier molecular flexibility index (Phi) is 7.34. The molecule has 0 bridgehead atoms. The first-order valence-electron chi connectivity index (χ1n) is 9.76. The number of fused-ring (bicyclic) bond motifs is 1. The first kappa shape index (κ1) is 22.9. The standard InChI is InChI=1S/C25H16BrClN2O3S/c26-18-11-12-20(32-22(30)13-10-16-6-2-1-3-7-16)17(14-18)15-28-29-25(31)24-23(27)19-8-4-5-9-21(19)33-24/h1-15H,(H,29,31)/b13-10+,28-15+. The molecule has 0 spiro atoms. The molecule has 5 nitrogen and oxygen atoms in total. The molecule has 0 fully saturated rings. The molecule has 33 heavy (non-hydrogen) atoms. The number of thiophene rings is 1. The van der Waals surface area contributed by atoms with Gasteiger partial charge in [-0.25, -0.2) is 10.2 Å². The number of hydrogen-bond acceptors (Lipinski definition) is 5. The molecule has 4 rings (SSSR count). The Labute approximate surface area is 207 Å². The first-order valence-corrected chi connectivity index (χ1v) is 11.7. The molecule has 1 heterocycles. The van der Waals surface area contributed by atoms with Crippen molar-refractivity contribution < 1.29 is 14.3 Å². The molecule has 0 aliphatic rings. The zero-order chi connectivity index (χ0) is 23.2. The number of carbonyl (C=O) groups is 2. The van der Waals surface area contributed by atoms with Crippen molar-refractivity contribution in [3.05, 3.63) is 104 Å². The van der Waals surface area contributed by atoms with Gasteiger partial charge in [-0.15, -0.1) is 11.3 Å². The summed E-state index contributed by atoms with van der Waals surface area (Å²) in [5.74, 6) is -0.646. The van der Waals surface area contributed by atoms with Gasteiger partial charge in [-0.1, -0.05) is 76.1 Å². The quantitative estimate of drug-likeness (QED) is 0.0975. The average molecular weight is 540 g/mol. The predicted molar refractivity (Wildman–Crippen MR) is 137 cm³/mol. The topological polar surface area (TPSA) is 67.8 Å². The van der Waals surface area contributed by atoms with Gasteiger partial charge in [0.1, 0.15) is 10.6 Å². The zero-order valence-electron chi connectivity index (χ0n) is 17.0. The monoisotopic (exact) mass is 538 g/mol. The fourth-order valence-corrected chi connectivity index (χ4v) is 4.74. The van der Waals surface area contributed by atoms with Gasteiger partial charge in [0.15, 0.2) is 0 Å². The zero-order valence-corrected chi connectivity index (χ0v) is 20.2. The van der Waals surface area contributed by atoms with Crippen molar-refractivity contribution in [1.82, 2.24) is 5.43 Å². The second kappa shape index (κ2) is 10.6. The van der Waals surface area contributed by atoms with E-state index in [1.54, 1.807) is 24.3 Å². The van der Waals surface area contributed by atoms with Crippen molar-refractivity contribution in [2.75, 3.05) is 0 Å². The van der Waals surface area contributed by atoms with Gasteiger partial charge in [-0.2, -0.15) is 5.10 Å². The number of halogens is 2. The summed E-state index contributed by atoms with van der Waals surface area (Å²) in [6.07, 6.45) is 4.43. The van der Waals surface area contributed by atoms with Crippen molar-refractivity contribution in [3.8, 4) is 5.75 Å². The predicted octanol–water partition coefficient (Wildman–Crippen LogP) is 6.70. The van der Waals surface area contributed by atoms with Crippen molar-refractivity contribution >= 4 is 73.1 Å². The number of ether oxygens (including phenoxy) is 1. The van der Waals surface area contributed by atoms with Crippen LogP contribution in [-0.2, 0) is 4.79 Å². The summed E-state index contributed by atoms with van der Waals surface area (Å²) in [5, 5.41) is 5.24. The highest BCUT2D eigenvalue weighted by Crippen LogP contribution is 2.35. The Hall–Kier alpha value is -3.26. The highest BCUT2D eigenvalue weighted by molar-refractivity contribution is 9.10. The lowest BCUT2D eigenvalue weighted by atomic mass is 10.2. The minimum atomic E-state index is -0.531. The number of hydrogen-bond donors (Lipinski definition) is 1. The van der Waals surface area contributed by atoms with Crippen LogP contribution in [0.3, 0.4) is 0 Å². The van der Waals surface area contributed by atoms with Gasteiger partial charge in [0.25, 0.3) is 5.91 Å². The van der Waals surface area contributed by atoms with E-state index in [1.807, 2.05) is 54.6 Å². The minimum Gasteiger partial charge on any atom is -0.423 e. The lowest BCUT2D eigenvalue weighted by Crippen LogP contribution is -2.16. The summed E-state index contributed by atoms with van der Waals surface area (Å²) in [4.78, 5) is 25.2. The molecule has 0 saturated heterocycles. The minimum absolute atomic E-state index is 0.304. The van der Waals surface area contributed by atoms with Gasteiger partial charge in [-0.3, -0.25) is 4.79 Å². The maximum absolute atomic E-state index is 12.6. The van der Waals surface area contributed by atoms with E-state index in [0.717, 1.165) is 20.1 Å². The third-order valence-electron chi connectivity index (χ3n) is 4.50. The third kappa shape index (κ3) is 5.76. The van der Waals surface area contributed by atoms with Crippen LogP contribution in [-0.4, -0.2) is 18.1 Å². The SMILES string of the molecule is O=C(/C=C/c1ccccc1)Oc1ccc(Br)cc1/C=N/NC(=O)c1sc2ccccc2c1Cl. The van der Waals surface area contributed by atoms with E-state index in [9.17, 15) is 9.59 Å². The van der Waals surface area contributed by atoms with Crippen molar-refractivity contribution in [3.63, 3.8) is 0 Å². The number of benzene rings is 3. The molecule has 164 valence electrons. The number of esters is 1. The highest BCUT2D eigenvalue weighted by Gasteiger charge is 2.16. The van der Waals surface area contributed by atoms with E-state index in [1.165, 1.54) is 23.6 Å². The normalized spacial score (nSPS) is 11.3. The van der Waals surface area contributed by atoms with Crippen LogP contribution in [0.15, 0.2) is 88.4 Å². The molecule has 8 heteroatoms. The van der Waals surface area contributed by atoms with E-state index in [2.05, 4.69) is 26.5 Å². The van der Waals surface area contributed by atoms with Crippen molar-refractivity contribution in [2.24, 2.45) is 5.10 Å². The molecule has 0 saturated carbocycles. The fraction of sp³-hybridized carbons (Fsp3) is 0. The van der Waals surface area contributed by atoms with Gasteiger partial charge in [0.05, 0.1) is 11.2 Å². The van der Waals surface area contributed by atoms with E-state index in [4.69, 9.17) is 16.3 Å². The summed E-state index contributed by atoms with van der Waals surface area (Å²) in [5.41, 5.74) is 3.87. The number of nitrogens with zero attached hydrogens (tertiary/aromatic N) is 1. The number of amides is 1. The second-order valence-corrected chi connectivity index (χ2v) is 9.13. The highest BCUT2D eigenvalue weighted by atomic mass is 79.9. The Morgan fingerprint density at radius 2 is 1.79 bits per heavy atom. The Balaban J connectivity index is 1.46. The van der Waals surface area contributed by atoms with Gasteiger partial charge in [0, 0.05) is 26.2 Å². The van der Waals surface area contributed by atoms with Crippen LogP contribution in [0.25, 0.3) is 16.2 Å². The molecular formula is C25H16BrClN2O3S. The second-order valence-electron chi connectivity index (χ2n) is 6.79. The fourth-order valence-electron chi connectivity index (χ4n) is 2.96. The summed E-state index contributed by atoms with van der Waals surface area (Å²) < 4.78 is 7.14. The first-order chi connectivity index (χ1) is 16.0. The van der Waals surface area contributed by atoms with Crippen LogP contribution in [0.2, 0.25) is 5.02 Å². The van der Waals surface area contributed by atoms with E-state index in [0.29, 0.717) is 21.2 Å². The van der Waals surface area contributed by atoms with Gasteiger partial charge in [0.2, 0.25) is 0 Å². The van der Waals surface area contributed by atoms with Crippen LogP contribution in [0.5, 0.6) is 5.75 Å². The number of carbonyl (C=O) groups excluding carboxylic acids is 2. The van der Waals surface area contributed by atoms with Crippen LogP contribution in [0, 0.1) is 0 Å². The van der Waals surface area contributed by atoms with Crippen molar-refractivity contribution in [2.45, 2.75) is 0 Å². The number of rotatable bonds is 6. The van der Waals surface area contributed by atoms with Gasteiger partial charge in [-0.05, 0) is 35.9 Å². The van der Waals surface area contributed by atoms with Crippen LogP contribution in [0.4, 0.5) is 0 Å². The summed E-state index contributed by atoms with van der Waals surface area (Å²) in [7, 11) is 0. The molecule has 0 unspecified atom stereocenters. The molecule has 1 aromatic heterocycles. The lowest BCUT2D eigenvalue weighted by Gasteiger charge is -2.06. The molecule has 1 amide bonds. The van der Waals surface area contributed by atoms with Crippen LogP contribution in [0.1, 0.15) is 20.8 Å². The molecule has 0 aliphatic heterocycles. The Morgan fingerprint density at radius 1 is 1.03 bits per heavy atom. The van der Waals surface area contributed by atoms with Gasteiger partial charge < -0.3 is 4.74 Å². The molecule has 1 N–H and O–H groups in total. The van der Waals surface area contributed by atoms with E-state index in [-0.39, 0.29) is 0 Å². The maximum Gasteiger partial charge on any atom is 0.336 e. The summed E-state index contributed by atoms with van der Waals surface area (Å²) in [6, 6.07) is 22.1. The van der Waals surface area contributed by atoms with Crippen LogP contribution >= 0.6 is 38.9 Å². The summed E-state index contributed by atoms with van der Waals surface area (Å²) in [6.45, 7) is 0. The molecule has 4 aromatic rings. The molecular weight excluding hydrogens is 524 g/mol. The molecule has 0 aliphatic carbocycles. The Bertz CT molecular complexity index is 1380. The third-order valence-corrected chi connectivity index (χ3v) is 6.67. The number of hydrazone groups is 1. The molecule has 0 radical (unpaired) electrons. The van der Waals surface area contributed by atoms with E-state index >= 15 is 0 Å². The number of nitrogens with one attached hydrogen (secondary N) is 1. The maximum atomic E-state index is 12.6. The smallest absolute Gasteiger partial charge is 0.336 e. The van der Waals surface area contributed by atoms with Crippen molar-refractivity contribution in [1.29, 1.82) is 0 Å². The molecule has 0 atom stereocenters. The lowest BCUT2D eigenvalue weighted by molar-refractivity contribution is -0.128. The van der Waals surface area contributed by atoms with Gasteiger partial charge >= 0.3 is 5.97 Å². The largest absolute Gasteiger partial charge is 0.423 e. The average Bonchev–Trinajstić information content (AvgIpc) is 3.17. The van der Waals surface area contributed by atoms with Crippen LogP contribution < -0.4 is 10.2 Å². The van der Waals surface area contributed by atoms with E-state index < -0.39 is 11.9 Å². The summed E-state index contributed by atoms with van der Waals surface area (Å²) >= 11 is 11.0.